The fourth-order valence-corrected chi connectivity index (χ4v) is 2.73. The second kappa shape index (κ2) is 5.93. The molecule has 2 rings (SSSR count). The van der Waals surface area contributed by atoms with Crippen LogP contribution in [0.25, 0.3) is 0 Å². The summed E-state index contributed by atoms with van der Waals surface area (Å²) in [4.78, 5) is 0.285. The molecule has 0 bridgehead atoms. The van der Waals surface area contributed by atoms with Gasteiger partial charge in [-0.2, -0.15) is 0 Å². The van der Waals surface area contributed by atoms with Gasteiger partial charge in [0.05, 0.1) is 9.37 Å². The van der Waals surface area contributed by atoms with Crippen LogP contribution in [-0.2, 0) is 16.4 Å². The van der Waals surface area contributed by atoms with Gasteiger partial charge in [-0.05, 0) is 57.9 Å². The van der Waals surface area contributed by atoms with E-state index < -0.39 is 9.84 Å². The lowest BCUT2D eigenvalue weighted by atomic mass is 10.2. The Morgan fingerprint density at radius 3 is 2.35 bits per heavy atom. The third-order valence-corrected chi connectivity index (χ3v) is 4.50. The van der Waals surface area contributed by atoms with Gasteiger partial charge in [0.1, 0.15) is 5.82 Å². The molecule has 3 nitrogen and oxygen atoms in total. The predicted molar refractivity (Wildman–Crippen MR) is 81.0 cm³/mol. The average molecular weight is 358 g/mol. The van der Waals surface area contributed by atoms with Crippen molar-refractivity contribution in [3.8, 4) is 0 Å². The zero-order valence-corrected chi connectivity index (χ0v) is 13.1. The van der Waals surface area contributed by atoms with Crippen molar-refractivity contribution >= 4 is 31.5 Å². The number of nitrogens with one attached hydrogen (secondary N) is 1. The first-order valence-corrected chi connectivity index (χ1v) is 8.52. The van der Waals surface area contributed by atoms with Gasteiger partial charge >= 0.3 is 0 Å². The molecule has 0 radical (unpaired) electrons. The van der Waals surface area contributed by atoms with Crippen LogP contribution in [0.3, 0.4) is 0 Å². The minimum Gasteiger partial charge on any atom is -0.381 e. The van der Waals surface area contributed by atoms with Crippen LogP contribution in [0, 0.1) is 5.82 Å². The van der Waals surface area contributed by atoms with Crippen molar-refractivity contribution in [2.45, 2.75) is 11.4 Å². The van der Waals surface area contributed by atoms with Crippen LogP contribution >= 0.6 is 15.9 Å². The van der Waals surface area contributed by atoms with Crippen molar-refractivity contribution in [1.29, 1.82) is 0 Å². The molecule has 2 aromatic rings. The zero-order chi connectivity index (χ0) is 14.8. The fraction of sp³-hybridized carbons (Fsp3) is 0.143. The predicted octanol–water partition coefficient (Wildman–Crippen LogP) is 3.60. The van der Waals surface area contributed by atoms with E-state index in [0.717, 1.165) is 11.3 Å². The molecule has 106 valence electrons. The fourth-order valence-electron chi connectivity index (χ4n) is 1.67. The Morgan fingerprint density at radius 1 is 1.15 bits per heavy atom. The van der Waals surface area contributed by atoms with Crippen LogP contribution in [0.15, 0.2) is 51.8 Å². The van der Waals surface area contributed by atoms with E-state index in [0.29, 0.717) is 11.0 Å². The summed E-state index contributed by atoms with van der Waals surface area (Å²) in [6, 6.07) is 11.3. The summed E-state index contributed by atoms with van der Waals surface area (Å²) in [7, 11) is -3.17. The lowest BCUT2D eigenvalue weighted by Gasteiger charge is -2.08. The summed E-state index contributed by atoms with van der Waals surface area (Å²) in [5.74, 6) is -0.300. The van der Waals surface area contributed by atoms with Crippen LogP contribution in [-0.4, -0.2) is 14.7 Å². The summed E-state index contributed by atoms with van der Waals surface area (Å²) in [5.41, 5.74) is 1.73. The van der Waals surface area contributed by atoms with Crippen molar-refractivity contribution in [2.75, 3.05) is 11.6 Å². The molecule has 20 heavy (non-hydrogen) atoms. The highest BCUT2D eigenvalue weighted by Crippen LogP contribution is 2.18. The third kappa shape index (κ3) is 3.80. The molecule has 0 fully saturated rings. The van der Waals surface area contributed by atoms with Crippen molar-refractivity contribution in [3.05, 3.63) is 58.3 Å². The van der Waals surface area contributed by atoms with Crippen LogP contribution in [0.5, 0.6) is 0 Å². The van der Waals surface area contributed by atoms with Crippen molar-refractivity contribution in [1.82, 2.24) is 0 Å². The Kier molecular flexibility index (Phi) is 4.45. The monoisotopic (exact) mass is 357 g/mol. The molecule has 0 aliphatic heterocycles. The van der Waals surface area contributed by atoms with E-state index in [2.05, 4.69) is 21.2 Å². The molecule has 0 saturated carbocycles. The summed E-state index contributed by atoms with van der Waals surface area (Å²) < 4.78 is 36.2. The van der Waals surface area contributed by atoms with E-state index in [4.69, 9.17) is 0 Å². The number of rotatable bonds is 4. The van der Waals surface area contributed by atoms with Gasteiger partial charge in [0.2, 0.25) is 0 Å². The number of hydrogen-bond acceptors (Lipinski definition) is 3. The Bertz CT molecular complexity index is 714. The Labute approximate surface area is 125 Å². The van der Waals surface area contributed by atoms with Crippen molar-refractivity contribution < 1.29 is 12.8 Å². The molecule has 0 aromatic heterocycles. The van der Waals surface area contributed by atoms with Gasteiger partial charge in [-0.15, -0.1) is 0 Å². The summed E-state index contributed by atoms with van der Waals surface area (Å²) in [6.45, 7) is 0.525. The quantitative estimate of drug-likeness (QED) is 0.908. The van der Waals surface area contributed by atoms with E-state index in [-0.39, 0.29) is 10.7 Å². The van der Waals surface area contributed by atoms with Crippen LogP contribution in [0.2, 0.25) is 0 Å². The zero-order valence-electron chi connectivity index (χ0n) is 10.7. The Morgan fingerprint density at radius 2 is 1.80 bits per heavy atom. The van der Waals surface area contributed by atoms with E-state index in [1.54, 1.807) is 36.4 Å². The molecule has 6 heteroatoms. The number of benzene rings is 2. The molecule has 0 saturated heterocycles. The number of sulfone groups is 1. The topological polar surface area (TPSA) is 46.2 Å². The molecule has 1 N–H and O–H groups in total. The second-order valence-electron chi connectivity index (χ2n) is 4.40. The van der Waals surface area contributed by atoms with Gasteiger partial charge in [-0.3, -0.25) is 0 Å². The largest absolute Gasteiger partial charge is 0.381 e. The van der Waals surface area contributed by atoms with Gasteiger partial charge in [0.25, 0.3) is 0 Å². The SMILES string of the molecule is CS(=O)(=O)c1ccc(NCc2ccc(F)c(Br)c2)cc1. The number of halogens is 2. The normalized spacial score (nSPS) is 11.3. The molecular weight excluding hydrogens is 345 g/mol. The Balaban J connectivity index is 2.06. The number of hydrogen-bond donors (Lipinski definition) is 1. The summed E-state index contributed by atoms with van der Waals surface area (Å²) in [6.07, 6.45) is 1.17. The van der Waals surface area contributed by atoms with E-state index in [1.807, 2.05) is 0 Å². The molecular formula is C14H13BrFNO2S. The van der Waals surface area contributed by atoms with E-state index >= 15 is 0 Å². The maximum atomic E-state index is 13.1. The molecule has 0 atom stereocenters. The highest BCUT2D eigenvalue weighted by atomic mass is 79.9. The van der Waals surface area contributed by atoms with Gasteiger partial charge < -0.3 is 5.32 Å². The number of anilines is 1. The van der Waals surface area contributed by atoms with Gasteiger partial charge in [-0.25, -0.2) is 12.8 Å². The molecule has 0 unspecified atom stereocenters. The molecule has 2 aromatic carbocycles. The first-order valence-electron chi connectivity index (χ1n) is 5.84. The van der Waals surface area contributed by atoms with Gasteiger partial charge in [-0.1, -0.05) is 6.07 Å². The Hall–Kier alpha value is -1.40. The molecule has 0 aliphatic carbocycles. The van der Waals surface area contributed by atoms with Crippen LogP contribution < -0.4 is 5.32 Å². The maximum absolute atomic E-state index is 13.1. The van der Waals surface area contributed by atoms with Crippen molar-refractivity contribution in [3.63, 3.8) is 0 Å². The van der Waals surface area contributed by atoms with Crippen LogP contribution in [0.4, 0.5) is 10.1 Å². The minimum atomic E-state index is -3.17. The summed E-state index contributed by atoms with van der Waals surface area (Å²) >= 11 is 3.13. The molecule has 0 heterocycles. The van der Waals surface area contributed by atoms with Gasteiger partial charge in [0, 0.05) is 18.5 Å². The maximum Gasteiger partial charge on any atom is 0.175 e. The standard InChI is InChI=1S/C14H13BrFNO2S/c1-20(18,19)12-5-3-11(4-6-12)17-9-10-2-7-14(16)13(15)8-10/h2-8,17H,9H2,1H3. The van der Waals surface area contributed by atoms with E-state index in [1.165, 1.54) is 12.3 Å². The highest BCUT2D eigenvalue weighted by Gasteiger charge is 2.06. The van der Waals surface area contributed by atoms with Crippen LogP contribution in [0.1, 0.15) is 5.56 Å². The first-order chi connectivity index (χ1) is 9.36. The van der Waals surface area contributed by atoms with Crippen molar-refractivity contribution in [2.24, 2.45) is 0 Å². The summed E-state index contributed by atoms with van der Waals surface area (Å²) in [5, 5.41) is 3.15. The average Bonchev–Trinajstić information content (AvgIpc) is 2.40. The smallest absolute Gasteiger partial charge is 0.175 e. The molecule has 0 amide bonds. The lowest BCUT2D eigenvalue weighted by Crippen LogP contribution is -2.01. The third-order valence-electron chi connectivity index (χ3n) is 2.76. The second-order valence-corrected chi connectivity index (χ2v) is 7.27. The van der Waals surface area contributed by atoms with E-state index in [9.17, 15) is 12.8 Å². The molecule has 0 aliphatic rings. The minimum absolute atomic E-state index is 0.285. The first kappa shape index (κ1) is 15.0. The van der Waals surface area contributed by atoms with Gasteiger partial charge in [0.15, 0.2) is 9.84 Å². The highest BCUT2D eigenvalue weighted by molar-refractivity contribution is 9.10. The lowest BCUT2D eigenvalue weighted by molar-refractivity contribution is 0.602. The molecule has 0 spiro atoms.